The van der Waals surface area contributed by atoms with Crippen LogP contribution in [0, 0.1) is 0 Å². The largest absolute Gasteiger partial charge is 0.493 e. The van der Waals surface area contributed by atoms with E-state index in [4.69, 9.17) is 18.6 Å². The van der Waals surface area contributed by atoms with E-state index in [1.54, 1.807) is 24.5 Å². The summed E-state index contributed by atoms with van der Waals surface area (Å²) in [7, 11) is 3.01. The standard InChI is InChI=1S/C24H20O6/c1-27-20-9-8-16(11-22(20)28-2)19(25)14-30-23(26)12-17-13-29-21-10-7-15-5-3-4-6-18(15)24(17)21/h3-11,13H,12,14H2,1-2H3. The number of carbonyl (C=O) groups is 2. The van der Waals surface area contributed by atoms with E-state index in [0.717, 1.165) is 21.7 Å². The molecule has 0 atom stereocenters. The Bertz CT molecular complexity index is 1240. The SMILES string of the molecule is COc1ccc(C(=O)COC(=O)Cc2coc3ccc4ccccc4c23)cc1OC. The van der Waals surface area contributed by atoms with Gasteiger partial charge in [0.15, 0.2) is 23.9 Å². The molecule has 0 aliphatic rings. The monoisotopic (exact) mass is 404 g/mol. The third-order valence-corrected chi connectivity index (χ3v) is 4.94. The van der Waals surface area contributed by atoms with Crippen LogP contribution in [0.3, 0.4) is 0 Å². The Morgan fingerprint density at radius 3 is 2.53 bits per heavy atom. The Balaban J connectivity index is 1.47. The summed E-state index contributed by atoms with van der Waals surface area (Å²) in [5, 5.41) is 2.95. The number of Topliss-reactive ketones (excluding diaryl/α,β-unsaturated/α-hetero) is 1. The topological polar surface area (TPSA) is 75.0 Å². The number of ketones is 1. The number of hydrogen-bond donors (Lipinski definition) is 0. The van der Waals surface area contributed by atoms with Gasteiger partial charge >= 0.3 is 5.97 Å². The van der Waals surface area contributed by atoms with Crippen molar-refractivity contribution in [2.75, 3.05) is 20.8 Å². The van der Waals surface area contributed by atoms with Crippen LogP contribution in [-0.4, -0.2) is 32.6 Å². The van der Waals surface area contributed by atoms with Crippen LogP contribution < -0.4 is 9.47 Å². The van der Waals surface area contributed by atoms with Gasteiger partial charge in [0, 0.05) is 16.5 Å². The zero-order chi connectivity index (χ0) is 21.1. The fourth-order valence-electron chi connectivity index (χ4n) is 3.45. The Kier molecular flexibility index (Phi) is 5.39. The molecule has 1 aromatic heterocycles. The molecule has 4 aromatic rings. The number of carbonyl (C=O) groups excluding carboxylic acids is 2. The van der Waals surface area contributed by atoms with E-state index in [1.165, 1.54) is 14.2 Å². The van der Waals surface area contributed by atoms with Gasteiger partial charge in [-0.25, -0.2) is 0 Å². The van der Waals surface area contributed by atoms with E-state index in [9.17, 15) is 9.59 Å². The molecule has 1 heterocycles. The lowest BCUT2D eigenvalue weighted by atomic mass is 10.0. The van der Waals surface area contributed by atoms with Crippen LogP contribution in [0.2, 0.25) is 0 Å². The molecule has 6 heteroatoms. The Morgan fingerprint density at radius 2 is 1.73 bits per heavy atom. The second-order valence-electron chi connectivity index (χ2n) is 6.75. The number of hydrogen-bond acceptors (Lipinski definition) is 6. The van der Waals surface area contributed by atoms with Crippen LogP contribution in [0.5, 0.6) is 11.5 Å². The summed E-state index contributed by atoms with van der Waals surface area (Å²) >= 11 is 0. The quantitative estimate of drug-likeness (QED) is 0.332. The zero-order valence-electron chi connectivity index (χ0n) is 16.6. The fourth-order valence-corrected chi connectivity index (χ4v) is 3.45. The fraction of sp³-hybridized carbons (Fsp3) is 0.167. The molecule has 0 unspecified atom stereocenters. The highest BCUT2D eigenvalue weighted by atomic mass is 16.5. The molecule has 0 N–H and O–H groups in total. The number of benzene rings is 3. The molecular weight excluding hydrogens is 384 g/mol. The molecule has 0 spiro atoms. The molecule has 4 rings (SSSR count). The van der Waals surface area contributed by atoms with Gasteiger partial charge in [-0.3, -0.25) is 9.59 Å². The summed E-state index contributed by atoms with van der Waals surface area (Å²) in [6, 6.07) is 16.6. The highest BCUT2D eigenvalue weighted by Crippen LogP contribution is 2.30. The van der Waals surface area contributed by atoms with Crippen molar-refractivity contribution in [3.05, 3.63) is 72.0 Å². The number of fused-ring (bicyclic) bond motifs is 3. The van der Waals surface area contributed by atoms with Crippen molar-refractivity contribution in [2.45, 2.75) is 6.42 Å². The minimum absolute atomic E-state index is 0.0141. The van der Waals surface area contributed by atoms with Gasteiger partial charge in [0.05, 0.1) is 26.9 Å². The molecule has 0 radical (unpaired) electrons. The molecule has 0 saturated heterocycles. The summed E-state index contributed by atoms with van der Waals surface area (Å²) in [6.07, 6.45) is 1.58. The molecule has 3 aromatic carbocycles. The minimum Gasteiger partial charge on any atom is -0.493 e. The number of furan rings is 1. The molecule has 0 aliphatic carbocycles. The minimum atomic E-state index is -0.500. The smallest absolute Gasteiger partial charge is 0.310 e. The van der Waals surface area contributed by atoms with Crippen molar-refractivity contribution in [1.82, 2.24) is 0 Å². The summed E-state index contributed by atoms with van der Waals surface area (Å²) in [5.41, 5.74) is 1.81. The molecule has 0 bridgehead atoms. The molecule has 30 heavy (non-hydrogen) atoms. The highest BCUT2D eigenvalue weighted by molar-refractivity contribution is 6.08. The van der Waals surface area contributed by atoms with E-state index < -0.39 is 5.97 Å². The van der Waals surface area contributed by atoms with Crippen LogP contribution in [0.1, 0.15) is 15.9 Å². The predicted octanol–water partition coefficient (Wildman–Crippen LogP) is 4.57. The van der Waals surface area contributed by atoms with Crippen LogP contribution in [0.25, 0.3) is 21.7 Å². The lowest BCUT2D eigenvalue weighted by Gasteiger charge is -2.09. The average molecular weight is 404 g/mol. The molecule has 152 valence electrons. The summed E-state index contributed by atoms with van der Waals surface area (Å²) in [5.74, 6) is 0.128. The van der Waals surface area contributed by atoms with Gasteiger partial charge in [0.25, 0.3) is 0 Å². The van der Waals surface area contributed by atoms with E-state index in [1.807, 2.05) is 36.4 Å². The first-order chi connectivity index (χ1) is 14.6. The molecule has 6 nitrogen and oxygen atoms in total. The lowest BCUT2D eigenvalue weighted by molar-refractivity contribution is -0.141. The predicted molar refractivity (Wildman–Crippen MR) is 112 cm³/mol. The second kappa shape index (κ2) is 8.29. The van der Waals surface area contributed by atoms with Crippen LogP contribution >= 0.6 is 0 Å². The van der Waals surface area contributed by atoms with Crippen molar-refractivity contribution in [1.29, 1.82) is 0 Å². The summed E-state index contributed by atoms with van der Waals surface area (Å²) in [6.45, 7) is -0.356. The lowest BCUT2D eigenvalue weighted by Crippen LogP contribution is -2.15. The molecular formula is C24H20O6. The number of esters is 1. The third kappa shape index (κ3) is 3.72. The van der Waals surface area contributed by atoms with E-state index in [0.29, 0.717) is 22.6 Å². The molecule has 0 fully saturated rings. The van der Waals surface area contributed by atoms with Gasteiger partial charge < -0.3 is 18.6 Å². The first kappa shape index (κ1) is 19.5. The van der Waals surface area contributed by atoms with Gasteiger partial charge in [0.1, 0.15) is 5.58 Å². The Labute approximate surface area is 172 Å². The van der Waals surface area contributed by atoms with E-state index in [-0.39, 0.29) is 18.8 Å². The number of rotatable bonds is 7. The first-order valence-corrected chi connectivity index (χ1v) is 9.39. The van der Waals surface area contributed by atoms with Crippen LogP contribution in [-0.2, 0) is 16.0 Å². The third-order valence-electron chi connectivity index (χ3n) is 4.94. The van der Waals surface area contributed by atoms with Gasteiger partial charge in [-0.1, -0.05) is 30.3 Å². The van der Waals surface area contributed by atoms with E-state index in [2.05, 4.69) is 0 Å². The maximum absolute atomic E-state index is 12.4. The maximum Gasteiger partial charge on any atom is 0.310 e. The molecule has 0 amide bonds. The first-order valence-electron chi connectivity index (χ1n) is 9.39. The Hall–Kier alpha value is -3.80. The normalized spacial score (nSPS) is 10.9. The van der Waals surface area contributed by atoms with Gasteiger partial charge in [-0.05, 0) is 35.0 Å². The summed E-state index contributed by atoms with van der Waals surface area (Å²) < 4.78 is 21.2. The van der Waals surface area contributed by atoms with Crippen LogP contribution in [0.4, 0.5) is 0 Å². The summed E-state index contributed by atoms with van der Waals surface area (Å²) in [4.78, 5) is 24.8. The zero-order valence-corrected chi connectivity index (χ0v) is 16.6. The van der Waals surface area contributed by atoms with Crippen molar-refractivity contribution in [3.8, 4) is 11.5 Å². The second-order valence-corrected chi connectivity index (χ2v) is 6.75. The van der Waals surface area contributed by atoms with Crippen molar-refractivity contribution >= 4 is 33.5 Å². The van der Waals surface area contributed by atoms with Crippen molar-refractivity contribution < 1.29 is 28.2 Å². The van der Waals surface area contributed by atoms with Gasteiger partial charge in [0.2, 0.25) is 0 Å². The maximum atomic E-state index is 12.4. The van der Waals surface area contributed by atoms with Crippen molar-refractivity contribution in [2.24, 2.45) is 0 Å². The number of ether oxygens (including phenoxy) is 3. The Morgan fingerprint density at radius 1 is 0.933 bits per heavy atom. The van der Waals surface area contributed by atoms with Gasteiger partial charge in [-0.15, -0.1) is 0 Å². The van der Waals surface area contributed by atoms with Crippen molar-refractivity contribution in [3.63, 3.8) is 0 Å². The van der Waals surface area contributed by atoms with Crippen LogP contribution in [0.15, 0.2) is 65.3 Å². The van der Waals surface area contributed by atoms with Gasteiger partial charge in [-0.2, -0.15) is 0 Å². The average Bonchev–Trinajstić information content (AvgIpc) is 3.20. The highest BCUT2D eigenvalue weighted by Gasteiger charge is 2.16. The number of methoxy groups -OCH3 is 2. The molecule has 0 saturated carbocycles. The molecule has 0 aliphatic heterocycles. The van der Waals surface area contributed by atoms with E-state index >= 15 is 0 Å².